The van der Waals surface area contributed by atoms with Crippen LogP contribution in [0.2, 0.25) is 0 Å². The van der Waals surface area contributed by atoms with Gasteiger partial charge in [0.2, 0.25) is 0 Å². The SMILES string of the molecule is CCCNC(c1ccc(-c2ccc(F)c(F)c2)s1)C1CC1. The Bertz CT molecular complexity index is 619. The van der Waals surface area contributed by atoms with Gasteiger partial charge < -0.3 is 5.32 Å². The molecule has 1 aliphatic rings. The minimum absolute atomic E-state index is 0.411. The van der Waals surface area contributed by atoms with E-state index in [4.69, 9.17) is 0 Å². The first-order chi connectivity index (χ1) is 10.2. The van der Waals surface area contributed by atoms with Crippen LogP contribution < -0.4 is 5.32 Å². The molecule has 1 unspecified atom stereocenters. The van der Waals surface area contributed by atoms with Crippen molar-refractivity contribution in [3.63, 3.8) is 0 Å². The van der Waals surface area contributed by atoms with E-state index in [2.05, 4.69) is 18.3 Å². The second-order valence-electron chi connectivity index (χ2n) is 5.60. The van der Waals surface area contributed by atoms with Gasteiger partial charge in [0.05, 0.1) is 0 Å². The van der Waals surface area contributed by atoms with Gasteiger partial charge in [-0.25, -0.2) is 8.78 Å². The summed E-state index contributed by atoms with van der Waals surface area (Å²) in [5.74, 6) is -0.852. The van der Waals surface area contributed by atoms with Crippen molar-refractivity contribution in [2.45, 2.75) is 32.2 Å². The van der Waals surface area contributed by atoms with E-state index in [1.807, 2.05) is 6.07 Å². The van der Waals surface area contributed by atoms with E-state index in [1.165, 1.54) is 29.9 Å². The number of thiophene rings is 1. The van der Waals surface area contributed by atoms with Crippen LogP contribution in [-0.2, 0) is 0 Å². The zero-order valence-electron chi connectivity index (χ0n) is 12.0. The minimum Gasteiger partial charge on any atom is -0.309 e. The number of hydrogen-bond acceptors (Lipinski definition) is 2. The molecular formula is C17H19F2NS. The van der Waals surface area contributed by atoms with Gasteiger partial charge in [0.25, 0.3) is 0 Å². The van der Waals surface area contributed by atoms with E-state index in [0.717, 1.165) is 29.3 Å². The van der Waals surface area contributed by atoms with E-state index in [0.29, 0.717) is 6.04 Å². The molecule has 0 radical (unpaired) electrons. The molecule has 112 valence electrons. The average molecular weight is 307 g/mol. The van der Waals surface area contributed by atoms with Gasteiger partial charge in [-0.05, 0) is 61.6 Å². The summed E-state index contributed by atoms with van der Waals surface area (Å²) < 4.78 is 26.4. The van der Waals surface area contributed by atoms with E-state index in [-0.39, 0.29) is 0 Å². The molecule has 1 heterocycles. The van der Waals surface area contributed by atoms with Crippen LogP contribution in [-0.4, -0.2) is 6.54 Å². The molecule has 0 spiro atoms. The first-order valence-electron chi connectivity index (χ1n) is 7.47. The second-order valence-corrected chi connectivity index (χ2v) is 6.72. The summed E-state index contributed by atoms with van der Waals surface area (Å²) in [7, 11) is 0. The molecule has 1 aromatic heterocycles. The molecule has 0 aliphatic heterocycles. The molecular weight excluding hydrogens is 288 g/mol. The monoisotopic (exact) mass is 307 g/mol. The van der Waals surface area contributed by atoms with Crippen LogP contribution >= 0.6 is 11.3 Å². The molecule has 0 saturated heterocycles. The number of nitrogens with one attached hydrogen (secondary N) is 1. The van der Waals surface area contributed by atoms with Crippen molar-refractivity contribution in [1.82, 2.24) is 5.32 Å². The molecule has 3 rings (SSSR count). The van der Waals surface area contributed by atoms with Gasteiger partial charge in [-0.3, -0.25) is 0 Å². The molecule has 0 bridgehead atoms. The molecule has 2 aromatic rings. The summed E-state index contributed by atoms with van der Waals surface area (Å²) in [5.41, 5.74) is 0.746. The topological polar surface area (TPSA) is 12.0 Å². The third-order valence-electron chi connectivity index (χ3n) is 3.85. The number of benzene rings is 1. The second kappa shape index (κ2) is 6.24. The zero-order valence-corrected chi connectivity index (χ0v) is 12.9. The fourth-order valence-corrected chi connectivity index (χ4v) is 3.73. The highest BCUT2D eigenvalue weighted by atomic mass is 32.1. The van der Waals surface area contributed by atoms with Crippen molar-refractivity contribution in [1.29, 1.82) is 0 Å². The summed E-state index contributed by atoms with van der Waals surface area (Å²) in [6, 6.07) is 8.64. The highest BCUT2D eigenvalue weighted by Gasteiger charge is 2.32. The van der Waals surface area contributed by atoms with Gasteiger partial charge in [-0.1, -0.05) is 13.0 Å². The predicted octanol–water partition coefficient (Wildman–Crippen LogP) is 5.14. The molecule has 4 heteroatoms. The Hall–Kier alpha value is -1.26. The fourth-order valence-electron chi connectivity index (χ4n) is 2.55. The highest BCUT2D eigenvalue weighted by Crippen LogP contribution is 2.44. The van der Waals surface area contributed by atoms with Gasteiger partial charge >= 0.3 is 0 Å². The van der Waals surface area contributed by atoms with Crippen LogP contribution in [0.3, 0.4) is 0 Å². The number of halogens is 2. The average Bonchev–Trinajstić information content (AvgIpc) is 3.20. The zero-order chi connectivity index (χ0) is 14.8. The predicted molar refractivity (Wildman–Crippen MR) is 83.4 cm³/mol. The summed E-state index contributed by atoms with van der Waals surface area (Å²) in [5, 5.41) is 3.61. The molecule has 21 heavy (non-hydrogen) atoms. The summed E-state index contributed by atoms with van der Waals surface area (Å²) >= 11 is 1.68. The van der Waals surface area contributed by atoms with Crippen molar-refractivity contribution in [2.75, 3.05) is 6.54 Å². The van der Waals surface area contributed by atoms with Crippen molar-refractivity contribution in [2.24, 2.45) is 5.92 Å². The Morgan fingerprint density at radius 2 is 2.00 bits per heavy atom. The van der Waals surface area contributed by atoms with Crippen molar-refractivity contribution in [3.05, 3.63) is 46.8 Å². The van der Waals surface area contributed by atoms with Gasteiger partial charge in [-0.15, -0.1) is 11.3 Å². The fraction of sp³-hybridized carbons (Fsp3) is 0.412. The first kappa shape index (κ1) is 14.7. The normalized spacial score (nSPS) is 16.1. The quantitative estimate of drug-likeness (QED) is 0.779. The van der Waals surface area contributed by atoms with Crippen molar-refractivity contribution in [3.8, 4) is 10.4 Å². The van der Waals surface area contributed by atoms with Crippen molar-refractivity contribution >= 4 is 11.3 Å². The summed E-state index contributed by atoms with van der Waals surface area (Å²) in [6.45, 7) is 3.18. The Balaban J connectivity index is 1.82. The van der Waals surface area contributed by atoms with Crippen LogP contribution in [0.1, 0.15) is 37.1 Å². The van der Waals surface area contributed by atoms with Crippen LogP contribution in [0, 0.1) is 17.6 Å². The Labute approximate surface area is 128 Å². The Morgan fingerprint density at radius 3 is 2.67 bits per heavy atom. The molecule has 0 amide bonds. The summed E-state index contributed by atoms with van der Waals surface area (Å²) in [4.78, 5) is 2.29. The maximum Gasteiger partial charge on any atom is 0.159 e. The molecule has 1 N–H and O–H groups in total. The molecule has 1 saturated carbocycles. The largest absolute Gasteiger partial charge is 0.309 e. The molecule has 1 fully saturated rings. The van der Waals surface area contributed by atoms with E-state index >= 15 is 0 Å². The van der Waals surface area contributed by atoms with Gasteiger partial charge in [0, 0.05) is 15.8 Å². The smallest absolute Gasteiger partial charge is 0.159 e. The highest BCUT2D eigenvalue weighted by molar-refractivity contribution is 7.15. The third kappa shape index (κ3) is 3.33. The van der Waals surface area contributed by atoms with Crippen LogP contribution in [0.15, 0.2) is 30.3 Å². The molecule has 1 nitrogen and oxygen atoms in total. The molecule has 1 aliphatic carbocycles. The number of rotatable bonds is 6. The Morgan fingerprint density at radius 1 is 1.19 bits per heavy atom. The van der Waals surface area contributed by atoms with Crippen LogP contribution in [0.5, 0.6) is 0 Å². The maximum absolute atomic E-state index is 13.4. The third-order valence-corrected chi connectivity index (χ3v) is 5.06. The van der Waals surface area contributed by atoms with Gasteiger partial charge in [0.1, 0.15) is 0 Å². The molecule has 1 aromatic carbocycles. The molecule has 1 atom stereocenters. The Kier molecular flexibility index (Phi) is 4.36. The number of hydrogen-bond donors (Lipinski definition) is 1. The van der Waals surface area contributed by atoms with Crippen molar-refractivity contribution < 1.29 is 8.78 Å². The lowest BCUT2D eigenvalue weighted by atomic mass is 10.1. The lowest BCUT2D eigenvalue weighted by Gasteiger charge is -2.16. The lowest BCUT2D eigenvalue weighted by Crippen LogP contribution is -2.22. The minimum atomic E-state index is -0.795. The van der Waals surface area contributed by atoms with Gasteiger partial charge in [-0.2, -0.15) is 0 Å². The van der Waals surface area contributed by atoms with Gasteiger partial charge in [0.15, 0.2) is 11.6 Å². The first-order valence-corrected chi connectivity index (χ1v) is 8.29. The van der Waals surface area contributed by atoms with E-state index in [1.54, 1.807) is 17.4 Å². The van der Waals surface area contributed by atoms with E-state index < -0.39 is 11.6 Å². The lowest BCUT2D eigenvalue weighted by molar-refractivity contribution is 0.488. The maximum atomic E-state index is 13.4. The van der Waals surface area contributed by atoms with E-state index in [9.17, 15) is 8.78 Å². The summed E-state index contributed by atoms with van der Waals surface area (Å²) in [6.07, 6.45) is 3.67. The standard InChI is InChI=1S/C17H19F2NS/c1-2-9-20-17(11-3-4-11)16-8-7-15(21-16)12-5-6-13(18)14(19)10-12/h5-8,10-11,17,20H,2-4,9H2,1H3. The van der Waals surface area contributed by atoms with Crippen LogP contribution in [0.4, 0.5) is 8.78 Å². The van der Waals surface area contributed by atoms with Crippen LogP contribution in [0.25, 0.3) is 10.4 Å².